The molecule has 0 saturated heterocycles. The number of anilines is 1. The fourth-order valence-corrected chi connectivity index (χ4v) is 2.35. The van der Waals surface area contributed by atoms with Crippen molar-refractivity contribution in [2.75, 3.05) is 5.32 Å². The van der Waals surface area contributed by atoms with Crippen molar-refractivity contribution in [3.63, 3.8) is 0 Å². The molecule has 0 radical (unpaired) electrons. The van der Waals surface area contributed by atoms with Gasteiger partial charge in [-0.25, -0.2) is 14.1 Å². The second-order valence-corrected chi connectivity index (χ2v) is 5.66. The highest BCUT2D eigenvalue weighted by Gasteiger charge is 2.13. The number of carboxylic acids is 1. The number of nitrogens with one attached hydrogen (secondary N) is 1. The van der Waals surface area contributed by atoms with E-state index in [1.807, 2.05) is 0 Å². The van der Waals surface area contributed by atoms with Crippen LogP contribution in [-0.2, 0) is 17.9 Å². The number of aliphatic carboxylic acids is 1. The summed E-state index contributed by atoms with van der Waals surface area (Å²) in [5.41, 5.74) is 0.674. The van der Waals surface area contributed by atoms with E-state index >= 15 is 0 Å². The summed E-state index contributed by atoms with van der Waals surface area (Å²) < 4.78 is 15.6. The van der Waals surface area contributed by atoms with E-state index in [-0.39, 0.29) is 29.8 Å². The molecule has 0 aliphatic heterocycles. The summed E-state index contributed by atoms with van der Waals surface area (Å²) in [7, 11) is 0. The van der Waals surface area contributed by atoms with E-state index in [0.717, 1.165) is 4.68 Å². The van der Waals surface area contributed by atoms with Gasteiger partial charge in [-0.05, 0) is 23.8 Å². The lowest BCUT2D eigenvalue weighted by Gasteiger charge is -2.04. The maximum absolute atomic E-state index is 13.1. The Labute approximate surface area is 151 Å². The van der Waals surface area contributed by atoms with Crippen LogP contribution in [0.25, 0.3) is 0 Å². The summed E-state index contributed by atoms with van der Waals surface area (Å²) in [4.78, 5) is 26.7. The van der Waals surface area contributed by atoms with Gasteiger partial charge in [0.25, 0.3) is 5.91 Å². The molecule has 1 amide bonds. The number of carboxylic acid groups (broad SMARTS) is 1. The second kappa shape index (κ2) is 7.31. The number of nitrogens with zero attached hydrogens (tertiary/aromatic N) is 5. The monoisotopic (exact) mass is 378 g/mol. The third-order valence-corrected chi connectivity index (χ3v) is 3.63. The second-order valence-electron chi connectivity index (χ2n) is 5.25. The number of aromatic nitrogens is 5. The molecule has 0 aliphatic rings. The summed E-state index contributed by atoms with van der Waals surface area (Å²) >= 11 is 5.97. The zero-order valence-corrected chi connectivity index (χ0v) is 13.9. The highest BCUT2D eigenvalue weighted by Crippen LogP contribution is 2.18. The van der Waals surface area contributed by atoms with E-state index in [2.05, 4.69) is 20.5 Å². The largest absolute Gasteiger partial charge is 0.480 e. The lowest BCUT2D eigenvalue weighted by atomic mass is 10.2. The van der Waals surface area contributed by atoms with Crippen LogP contribution >= 0.6 is 11.6 Å². The fraction of sp³-hybridized carbons (Fsp3) is 0.133. The SMILES string of the molecule is O=C(O)Cn1ccc(C(=O)Nc2ncn(Cc3ccc(F)cc3Cl)n2)n1. The first-order valence-electron chi connectivity index (χ1n) is 7.30. The molecular weight excluding hydrogens is 367 g/mol. The lowest BCUT2D eigenvalue weighted by Crippen LogP contribution is -2.16. The minimum Gasteiger partial charge on any atom is -0.480 e. The average Bonchev–Trinajstić information content (AvgIpc) is 3.19. The molecule has 1 aromatic carbocycles. The Morgan fingerprint density at radius 1 is 1.23 bits per heavy atom. The predicted octanol–water partition coefficient (Wildman–Crippen LogP) is 1.65. The molecule has 3 aromatic rings. The highest BCUT2D eigenvalue weighted by molar-refractivity contribution is 6.31. The van der Waals surface area contributed by atoms with Crippen molar-refractivity contribution in [3.8, 4) is 0 Å². The van der Waals surface area contributed by atoms with E-state index in [4.69, 9.17) is 16.7 Å². The van der Waals surface area contributed by atoms with Crippen LogP contribution in [0.3, 0.4) is 0 Å². The van der Waals surface area contributed by atoms with Crippen LogP contribution in [0.5, 0.6) is 0 Å². The number of hydrogen-bond donors (Lipinski definition) is 2. The molecule has 134 valence electrons. The van der Waals surface area contributed by atoms with Gasteiger partial charge in [0, 0.05) is 11.2 Å². The third-order valence-electron chi connectivity index (χ3n) is 3.28. The molecule has 0 spiro atoms. The Morgan fingerprint density at radius 3 is 2.77 bits per heavy atom. The summed E-state index contributed by atoms with van der Waals surface area (Å²) in [6, 6.07) is 5.40. The summed E-state index contributed by atoms with van der Waals surface area (Å²) in [6.07, 6.45) is 2.77. The van der Waals surface area contributed by atoms with Gasteiger partial charge in [-0.15, -0.1) is 5.10 Å². The Bertz CT molecular complexity index is 970. The minimum absolute atomic E-state index is 0.0316. The first kappa shape index (κ1) is 17.5. The fourth-order valence-electron chi connectivity index (χ4n) is 2.13. The molecule has 0 bridgehead atoms. The number of hydrogen-bond acceptors (Lipinski definition) is 5. The molecule has 11 heteroatoms. The Morgan fingerprint density at radius 2 is 2.04 bits per heavy atom. The first-order valence-corrected chi connectivity index (χ1v) is 7.68. The van der Waals surface area contributed by atoms with Crippen LogP contribution in [0.2, 0.25) is 5.02 Å². The molecule has 0 atom stereocenters. The maximum atomic E-state index is 13.1. The standard InChI is InChI=1S/C15H12ClFN6O3/c16-11-5-10(17)2-1-9(11)6-23-8-18-15(21-23)19-14(26)12-3-4-22(20-12)7-13(24)25/h1-5,8H,6-7H2,(H,24,25)(H,19,21,26). The first-order chi connectivity index (χ1) is 12.4. The zero-order valence-electron chi connectivity index (χ0n) is 13.1. The molecule has 9 nitrogen and oxygen atoms in total. The Hall–Kier alpha value is -3.27. The number of halogens is 2. The van der Waals surface area contributed by atoms with Gasteiger partial charge < -0.3 is 5.11 Å². The quantitative estimate of drug-likeness (QED) is 0.674. The Balaban J connectivity index is 1.65. The van der Waals surface area contributed by atoms with Gasteiger partial charge >= 0.3 is 5.97 Å². The maximum Gasteiger partial charge on any atom is 0.325 e. The third kappa shape index (κ3) is 4.22. The van der Waals surface area contributed by atoms with Crippen LogP contribution in [-0.4, -0.2) is 41.5 Å². The molecule has 2 aromatic heterocycles. The van der Waals surface area contributed by atoms with Crippen LogP contribution in [0, 0.1) is 5.82 Å². The topological polar surface area (TPSA) is 115 Å². The number of amides is 1. The van der Waals surface area contributed by atoms with Gasteiger partial charge in [0.05, 0.1) is 6.54 Å². The summed E-state index contributed by atoms with van der Waals surface area (Å²) in [5, 5.41) is 19.3. The van der Waals surface area contributed by atoms with E-state index < -0.39 is 17.7 Å². The molecule has 2 heterocycles. The van der Waals surface area contributed by atoms with Crippen molar-refractivity contribution < 1.29 is 19.1 Å². The van der Waals surface area contributed by atoms with Gasteiger partial charge in [-0.3, -0.25) is 19.6 Å². The Kier molecular flexibility index (Phi) is 4.94. The molecular formula is C15H12ClFN6O3. The lowest BCUT2D eigenvalue weighted by molar-refractivity contribution is -0.137. The molecule has 0 aliphatic carbocycles. The molecule has 0 fully saturated rings. The zero-order chi connectivity index (χ0) is 18.7. The summed E-state index contributed by atoms with van der Waals surface area (Å²) in [5.74, 6) is -2.04. The molecule has 0 unspecified atom stereocenters. The van der Waals surface area contributed by atoms with Crippen molar-refractivity contribution >= 4 is 29.4 Å². The minimum atomic E-state index is -1.07. The van der Waals surface area contributed by atoms with E-state index in [0.29, 0.717) is 5.56 Å². The van der Waals surface area contributed by atoms with Crippen LogP contribution < -0.4 is 5.32 Å². The van der Waals surface area contributed by atoms with Crippen LogP contribution in [0.15, 0.2) is 36.8 Å². The number of rotatable bonds is 6. The van der Waals surface area contributed by atoms with Crippen LogP contribution in [0.1, 0.15) is 16.1 Å². The van der Waals surface area contributed by atoms with Gasteiger partial charge in [-0.1, -0.05) is 17.7 Å². The molecule has 2 N–H and O–H groups in total. The van der Waals surface area contributed by atoms with Crippen LogP contribution in [0.4, 0.5) is 10.3 Å². The number of carbonyl (C=O) groups excluding carboxylic acids is 1. The van der Waals surface area contributed by atoms with Crippen molar-refractivity contribution in [2.45, 2.75) is 13.1 Å². The summed E-state index contributed by atoms with van der Waals surface area (Å²) in [6.45, 7) is -0.103. The van der Waals surface area contributed by atoms with Gasteiger partial charge in [0.1, 0.15) is 18.7 Å². The molecule has 0 saturated carbocycles. The van der Waals surface area contributed by atoms with Crippen molar-refractivity contribution in [1.29, 1.82) is 0 Å². The average molecular weight is 379 g/mol. The molecule has 3 rings (SSSR count). The van der Waals surface area contributed by atoms with Crippen molar-refractivity contribution in [1.82, 2.24) is 24.5 Å². The van der Waals surface area contributed by atoms with E-state index in [1.165, 1.54) is 41.5 Å². The highest BCUT2D eigenvalue weighted by atomic mass is 35.5. The number of benzene rings is 1. The van der Waals surface area contributed by atoms with Gasteiger partial charge in [0.15, 0.2) is 5.69 Å². The smallest absolute Gasteiger partial charge is 0.325 e. The van der Waals surface area contributed by atoms with E-state index in [9.17, 15) is 14.0 Å². The van der Waals surface area contributed by atoms with Gasteiger partial charge in [-0.2, -0.15) is 5.10 Å². The normalized spacial score (nSPS) is 10.7. The van der Waals surface area contributed by atoms with E-state index in [1.54, 1.807) is 0 Å². The predicted molar refractivity (Wildman–Crippen MR) is 88.4 cm³/mol. The molecule has 26 heavy (non-hydrogen) atoms. The van der Waals surface area contributed by atoms with Crippen molar-refractivity contribution in [3.05, 3.63) is 58.9 Å². The van der Waals surface area contributed by atoms with Gasteiger partial charge in [0.2, 0.25) is 5.95 Å². The van der Waals surface area contributed by atoms with Crippen molar-refractivity contribution in [2.24, 2.45) is 0 Å². The number of carbonyl (C=O) groups is 2.